The summed E-state index contributed by atoms with van der Waals surface area (Å²) >= 11 is 0. The first kappa shape index (κ1) is 22.1. The maximum absolute atomic E-state index is 13.1. The molecule has 164 valence electrons. The normalized spacial score (nSPS) is 18.2. The molecule has 2 heterocycles. The van der Waals surface area contributed by atoms with Crippen molar-refractivity contribution in [2.75, 3.05) is 12.3 Å². The molecule has 1 aromatic carbocycles. The lowest BCUT2D eigenvalue weighted by molar-refractivity contribution is -0.137. The van der Waals surface area contributed by atoms with Crippen LogP contribution in [0.4, 0.5) is 18.9 Å². The monoisotopic (exact) mass is 424 g/mol. The van der Waals surface area contributed by atoms with Gasteiger partial charge in [-0.1, -0.05) is 20.8 Å². The molecule has 1 aliphatic heterocycles. The van der Waals surface area contributed by atoms with Crippen molar-refractivity contribution in [2.45, 2.75) is 57.9 Å². The van der Waals surface area contributed by atoms with Crippen molar-refractivity contribution in [2.24, 2.45) is 12.0 Å². The number of amides is 1. The maximum atomic E-state index is 13.1. The molecule has 0 unspecified atom stereocenters. The summed E-state index contributed by atoms with van der Waals surface area (Å²) in [5, 5.41) is 0. The number of ether oxygens (including phenoxy) is 1. The lowest BCUT2D eigenvalue weighted by Crippen LogP contribution is -2.30. The molecule has 6 nitrogen and oxygen atoms in total. The predicted molar refractivity (Wildman–Crippen MR) is 107 cm³/mol. The molecule has 1 amide bonds. The Kier molecular flexibility index (Phi) is 5.86. The molecule has 1 saturated heterocycles. The zero-order valence-corrected chi connectivity index (χ0v) is 17.6. The van der Waals surface area contributed by atoms with Crippen molar-refractivity contribution < 1.29 is 22.7 Å². The smallest absolute Gasteiger partial charge is 0.399 e. The van der Waals surface area contributed by atoms with E-state index in [1.54, 1.807) is 6.07 Å². The zero-order chi connectivity index (χ0) is 22.3. The molecule has 2 N–H and O–H groups in total. The van der Waals surface area contributed by atoms with Gasteiger partial charge in [0.25, 0.3) is 5.91 Å². The fourth-order valence-corrected chi connectivity index (χ4v) is 3.67. The van der Waals surface area contributed by atoms with E-state index < -0.39 is 17.6 Å². The highest BCUT2D eigenvalue weighted by molar-refractivity contribution is 5.96. The number of anilines is 1. The van der Waals surface area contributed by atoms with Crippen molar-refractivity contribution in [1.82, 2.24) is 9.36 Å². The van der Waals surface area contributed by atoms with E-state index in [0.29, 0.717) is 18.6 Å². The van der Waals surface area contributed by atoms with Crippen molar-refractivity contribution in [3.8, 4) is 0 Å². The summed E-state index contributed by atoms with van der Waals surface area (Å²) in [6.07, 6.45) is -2.72. The Labute approximate surface area is 173 Å². The molecule has 0 spiro atoms. The molecule has 0 saturated carbocycles. The van der Waals surface area contributed by atoms with Gasteiger partial charge in [-0.3, -0.25) is 14.2 Å². The zero-order valence-electron chi connectivity index (χ0n) is 17.6. The standard InChI is InChI=1S/C21H27F3N4O2/c1-20(2,3)17-11-18(28(27(17)4)12-16-6-5-7-30-16)26-19(29)13-8-14(21(22,23)24)10-15(25)9-13/h8-11,16H,5-7,12,25H2,1-4H3/t16-/m1/s1. The average molecular weight is 424 g/mol. The number of aromatic nitrogens is 2. The molecule has 1 atom stereocenters. The molecule has 1 aromatic heterocycles. The Balaban J connectivity index is 2.07. The van der Waals surface area contributed by atoms with Gasteiger partial charge in [0, 0.05) is 42.1 Å². The molecule has 0 aliphatic carbocycles. The third kappa shape index (κ3) is 4.77. The number of halogens is 3. The minimum atomic E-state index is -4.60. The van der Waals surface area contributed by atoms with Crippen LogP contribution >= 0.6 is 0 Å². The Bertz CT molecular complexity index is 1010. The second kappa shape index (κ2) is 7.94. The quantitative estimate of drug-likeness (QED) is 0.765. The summed E-state index contributed by atoms with van der Waals surface area (Å²) in [7, 11) is 1.88. The molecular formula is C21H27F3N4O2. The van der Waals surface area contributed by atoms with Gasteiger partial charge in [-0.2, -0.15) is 18.2 Å². The van der Waals surface area contributed by atoms with Gasteiger partial charge in [0.2, 0.25) is 0 Å². The van der Waals surface area contributed by atoms with E-state index in [1.807, 2.05) is 37.2 Å². The summed E-state index contributed by atoms with van der Waals surface area (Å²) in [5.41, 5.74) is 5.37. The largest absolute Gasteiger partial charge is 0.416 e. The van der Waals surface area contributed by atoms with Crippen molar-refractivity contribution in [3.05, 3.63) is 46.6 Å². The molecule has 9 heteroatoms. The lowest BCUT2D eigenvalue weighted by atomic mass is 9.92. The highest BCUT2D eigenvalue weighted by Crippen LogP contribution is 2.31. The lowest BCUT2D eigenvalue weighted by Gasteiger charge is -2.21. The Morgan fingerprint density at radius 1 is 1.23 bits per heavy atom. The van der Waals surface area contributed by atoms with Gasteiger partial charge in [-0.05, 0) is 31.0 Å². The summed E-state index contributed by atoms with van der Waals surface area (Å²) in [4.78, 5) is 16.9. The van der Waals surface area contributed by atoms with Crippen LogP contribution in [0.5, 0.6) is 0 Å². The topological polar surface area (TPSA) is 74.5 Å². The van der Waals surface area contributed by atoms with Crippen LogP contribution in [0.2, 0.25) is 0 Å². The van der Waals surface area contributed by atoms with Gasteiger partial charge in [0.1, 0.15) is 0 Å². The molecule has 3 rings (SSSR count). The molecular weight excluding hydrogens is 397 g/mol. The van der Waals surface area contributed by atoms with Crippen molar-refractivity contribution in [3.63, 3.8) is 0 Å². The number of alkyl halides is 3. The first-order chi connectivity index (χ1) is 13.9. The van der Waals surface area contributed by atoms with E-state index >= 15 is 0 Å². The van der Waals surface area contributed by atoms with Gasteiger partial charge in [0.15, 0.2) is 5.49 Å². The summed E-state index contributed by atoms with van der Waals surface area (Å²) in [5.74, 6) is -0.778. The van der Waals surface area contributed by atoms with E-state index in [0.717, 1.165) is 30.7 Å². The predicted octanol–water partition coefficient (Wildman–Crippen LogP) is 3.65. The number of benzene rings is 1. The van der Waals surface area contributed by atoms with Gasteiger partial charge >= 0.3 is 6.18 Å². The van der Waals surface area contributed by atoms with Crippen molar-refractivity contribution >= 4 is 11.6 Å². The second-order valence-corrected chi connectivity index (χ2v) is 8.64. The summed E-state index contributed by atoms with van der Waals surface area (Å²) < 4.78 is 48.8. The molecule has 1 fully saturated rings. The van der Waals surface area contributed by atoms with E-state index in [9.17, 15) is 18.0 Å². The minimum absolute atomic E-state index is 0.00433. The maximum Gasteiger partial charge on any atom is 0.416 e. The van der Waals surface area contributed by atoms with Crippen LogP contribution in [-0.4, -0.2) is 28.0 Å². The fourth-order valence-electron chi connectivity index (χ4n) is 3.67. The SMILES string of the molecule is Cn1c(C(C)(C)C)cc(=NC(=O)c2cc(N)cc(C(F)(F)F)c2)n1C[C@H]1CCCO1. The number of nitrogens with zero attached hydrogens (tertiary/aromatic N) is 3. The Morgan fingerprint density at radius 3 is 2.50 bits per heavy atom. The Morgan fingerprint density at radius 2 is 1.93 bits per heavy atom. The number of hydrogen-bond donors (Lipinski definition) is 1. The highest BCUT2D eigenvalue weighted by atomic mass is 19.4. The van der Waals surface area contributed by atoms with Crippen LogP contribution in [0.1, 0.15) is 55.2 Å². The number of carbonyl (C=O) groups excluding carboxylic acids is 1. The first-order valence-corrected chi connectivity index (χ1v) is 9.82. The number of hydrogen-bond acceptors (Lipinski definition) is 3. The van der Waals surface area contributed by atoms with Crippen LogP contribution in [0.3, 0.4) is 0 Å². The molecule has 2 aromatic rings. The molecule has 0 bridgehead atoms. The molecule has 0 radical (unpaired) electrons. The summed E-state index contributed by atoms with van der Waals surface area (Å²) in [6.45, 7) is 7.31. The van der Waals surface area contributed by atoms with Crippen LogP contribution in [-0.2, 0) is 29.9 Å². The first-order valence-electron chi connectivity index (χ1n) is 9.82. The molecule has 1 aliphatic rings. The second-order valence-electron chi connectivity index (χ2n) is 8.64. The number of carbonyl (C=O) groups is 1. The Hall–Kier alpha value is -2.55. The van der Waals surface area contributed by atoms with Crippen LogP contribution in [0.25, 0.3) is 0 Å². The highest BCUT2D eigenvalue weighted by Gasteiger charge is 2.31. The average Bonchev–Trinajstić information content (AvgIpc) is 3.23. The van der Waals surface area contributed by atoms with Crippen LogP contribution in [0, 0.1) is 0 Å². The van der Waals surface area contributed by atoms with Crippen LogP contribution in [0.15, 0.2) is 29.3 Å². The van der Waals surface area contributed by atoms with E-state index in [1.165, 1.54) is 6.07 Å². The van der Waals surface area contributed by atoms with Gasteiger partial charge in [-0.25, -0.2) is 0 Å². The van der Waals surface area contributed by atoms with Gasteiger partial charge in [0.05, 0.1) is 18.2 Å². The third-order valence-electron chi connectivity index (χ3n) is 5.16. The number of nitrogens with two attached hydrogens (primary N) is 1. The minimum Gasteiger partial charge on any atom is -0.399 e. The molecule has 30 heavy (non-hydrogen) atoms. The van der Waals surface area contributed by atoms with Gasteiger partial charge < -0.3 is 10.5 Å². The van der Waals surface area contributed by atoms with E-state index in [-0.39, 0.29) is 22.8 Å². The number of rotatable bonds is 3. The van der Waals surface area contributed by atoms with Crippen LogP contribution < -0.4 is 11.2 Å². The van der Waals surface area contributed by atoms with Gasteiger partial charge in [-0.15, -0.1) is 0 Å². The van der Waals surface area contributed by atoms with Crippen molar-refractivity contribution in [1.29, 1.82) is 0 Å². The van der Waals surface area contributed by atoms with E-state index in [4.69, 9.17) is 10.5 Å². The fraction of sp³-hybridized carbons (Fsp3) is 0.524. The summed E-state index contributed by atoms with van der Waals surface area (Å²) in [6, 6.07) is 4.58. The third-order valence-corrected chi connectivity index (χ3v) is 5.16. The van der Waals surface area contributed by atoms with E-state index in [2.05, 4.69) is 4.99 Å². The number of nitrogen functional groups attached to an aromatic ring is 1.